The van der Waals surface area contributed by atoms with Crippen molar-refractivity contribution in [2.24, 2.45) is 0 Å². The Bertz CT molecular complexity index is 861. The molecule has 3 rings (SSSR count). The van der Waals surface area contributed by atoms with Gasteiger partial charge in [-0.1, -0.05) is 32.0 Å². The Morgan fingerprint density at radius 1 is 1.00 bits per heavy atom. The third-order valence-electron chi connectivity index (χ3n) is 4.87. The minimum atomic E-state index is -0.909. The molecule has 0 saturated carbocycles. The molecule has 2 aromatic carbocycles. The van der Waals surface area contributed by atoms with Crippen LogP contribution in [-0.2, 0) is 9.59 Å². The smallest absolute Gasteiger partial charge is 0.325 e. The molecule has 1 fully saturated rings. The van der Waals surface area contributed by atoms with Crippen molar-refractivity contribution in [3.63, 3.8) is 0 Å². The van der Waals surface area contributed by atoms with Crippen LogP contribution < -0.4 is 15.4 Å². The van der Waals surface area contributed by atoms with Gasteiger partial charge in [-0.3, -0.25) is 14.5 Å². The Kier molecular flexibility index (Phi) is 5.63. The number of ether oxygens (including phenoxy) is 1. The number of para-hydroxylation sites is 1. The predicted octanol–water partition coefficient (Wildman–Crippen LogP) is 3.53. The van der Waals surface area contributed by atoms with Crippen LogP contribution in [0, 0.1) is 0 Å². The molecule has 0 bridgehead atoms. The second kappa shape index (κ2) is 8.12. The molecule has 7 nitrogen and oxygen atoms in total. The van der Waals surface area contributed by atoms with Gasteiger partial charge in [0.2, 0.25) is 5.91 Å². The van der Waals surface area contributed by atoms with E-state index in [-0.39, 0.29) is 12.5 Å². The average Bonchev–Trinajstić information content (AvgIpc) is 2.95. The van der Waals surface area contributed by atoms with Gasteiger partial charge in [0.25, 0.3) is 5.91 Å². The van der Waals surface area contributed by atoms with Crippen LogP contribution in [0.4, 0.5) is 10.5 Å². The summed E-state index contributed by atoms with van der Waals surface area (Å²) in [6, 6.07) is 15.7. The fourth-order valence-electron chi connectivity index (χ4n) is 3.12. The van der Waals surface area contributed by atoms with Gasteiger partial charge in [-0.2, -0.15) is 0 Å². The van der Waals surface area contributed by atoms with Crippen molar-refractivity contribution < 1.29 is 19.1 Å². The van der Waals surface area contributed by atoms with E-state index < -0.39 is 17.5 Å². The third kappa shape index (κ3) is 3.98. The van der Waals surface area contributed by atoms with E-state index in [1.807, 2.05) is 44.2 Å². The summed E-state index contributed by atoms with van der Waals surface area (Å²) >= 11 is 0. The number of carbonyl (C=O) groups excluding carboxylic acids is 3. The molecule has 0 aromatic heterocycles. The standard InChI is InChI=1S/C21H23N3O4/c1-3-21(4-2)19(26)24(20(27)23-21)14-18(25)22-15-10-12-17(13-11-15)28-16-8-6-5-7-9-16/h5-13H,3-4,14H2,1-2H3,(H,22,25)(H,23,27). The van der Waals surface area contributed by atoms with Crippen LogP contribution in [0.15, 0.2) is 54.6 Å². The lowest BCUT2D eigenvalue weighted by atomic mass is 9.93. The molecule has 1 aliphatic rings. The molecule has 0 atom stereocenters. The second-order valence-corrected chi connectivity index (χ2v) is 6.60. The molecule has 28 heavy (non-hydrogen) atoms. The Labute approximate surface area is 163 Å². The Hall–Kier alpha value is -3.35. The molecule has 1 aliphatic heterocycles. The van der Waals surface area contributed by atoms with Gasteiger partial charge in [0.1, 0.15) is 23.6 Å². The van der Waals surface area contributed by atoms with E-state index in [1.54, 1.807) is 24.3 Å². The summed E-state index contributed by atoms with van der Waals surface area (Å²) in [4.78, 5) is 37.9. The molecule has 1 saturated heterocycles. The summed E-state index contributed by atoms with van der Waals surface area (Å²) in [5.74, 6) is 0.551. The summed E-state index contributed by atoms with van der Waals surface area (Å²) in [5.41, 5.74) is -0.358. The number of benzene rings is 2. The largest absolute Gasteiger partial charge is 0.457 e. The van der Waals surface area contributed by atoms with Crippen molar-refractivity contribution in [1.82, 2.24) is 10.2 Å². The minimum Gasteiger partial charge on any atom is -0.457 e. The van der Waals surface area contributed by atoms with Crippen molar-refractivity contribution in [1.29, 1.82) is 0 Å². The van der Waals surface area contributed by atoms with Crippen LogP contribution in [0.1, 0.15) is 26.7 Å². The van der Waals surface area contributed by atoms with Crippen molar-refractivity contribution >= 4 is 23.5 Å². The van der Waals surface area contributed by atoms with Gasteiger partial charge in [-0.15, -0.1) is 0 Å². The number of nitrogens with zero attached hydrogens (tertiary/aromatic N) is 1. The molecule has 4 amide bonds. The molecular weight excluding hydrogens is 358 g/mol. The number of amides is 4. The van der Waals surface area contributed by atoms with E-state index in [1.165, 1.54) is 0 Å². The zero-order valence-corrected chi connectivity index (χ0v) is 15.9. The quantitative estimate of drug-likeness (QED) is 0.718. The van der Waals surface area contributed by atoms with E-state index >= 15 is 0 Å². The number of urea groups is 1. The number of carbonyl (C=O) groups is 3. The van der Waals surface area contributed by atoms with E-state index in [0.29, 0.717) is 30.0 Å². The molecule has 7 heteroatoms. The molecule has 2 aromatic rings. The van der Waals surface area contributed by atoms with Crippen molar-refractivity contribution in [3.05, 3.63) is 54.6 Å². The SMILES string of the molecule is CCC1(CC)NC(=O)N(CC(=O)Nc2ccc(Oc3ccccc3)cc2)C1=O. The molecule has 0 aliphatic carbocycles. The highest BCUT2D eigenvalue weighted by molar-refractivity contribution is 6.10. The summed E-state index contributed by atoms with van der Waals surface area (Å²) < 4.78 is 5.70. The van der Waals surface area contributed by atoms with Crippen LogP contribution in [0.3, 0.4) is 0 Å². The minimum absolute atomic E-state index is 0.325. The number of anilines is 1. The zero-order chi connectivity index (χ0) is 20.1. The molecular formula is C21H23N3O4. The van der Waals surface area contributed by atoms with Crippen LogP contribution in [-0.4, -0.2) is 34.8 Å². The van der Waals surface area contributed by atoms with Gasteiger partial charge in [0.05, 0.1) is 0 Å². The van der Waals surface area contributed by atoms with Crippen molar-refractivity contribution in [3.8, 4) is 11.5 Å². The third-order valence-corrected chi connectivity index (χ3v) is 4.87. The van der Waals surface area contributed by atoms with Crippen molar-refractivity contribution in [2.45, 2.75) is 32.2 Å². The first kappa shape index (κ1) is 19.4. The number of imide groups is 1. The number of rotatable bonds is 7. The van der Waals surface area contributed by atoms with E-state index in [9.17, 15) is 14.4 Å². The number of hydrogen-bond donors (Lipinski definition) is 2. The topological polar surface area (TPSA) is 87.7 Å². The molecule has 146 valence electrons. The second-order valence-electron chi connectivity index (χ2n) is 6.60. The first-order chi connectivity index (χ1) is 13.5. The van der Waals surface area contributed by atoms with E-state index in [0.717, 1.165) is 4.90 Å². The lowest BCUT2D eigenvalue weighted by Gasteiger charge is -2.23. The Morgan fingerprint density at radius 3 is 2.18 bits per heavy atom. The molecule has 0 radical (unpaired) electrons. The summed E-state index contributed by atoms with van der Waals surface area (Å²) in [5, 5.41) is 5.40. The van der Waals surface area contributed by atoms with Gasteiger partial charge in [0.15, 0.2) is 0 Å². The maximum atomic E-state index is 12.6. The first-order valence-corrected chi connectivity index (χ1v) is 9.24. The van der Waals surface area contributed by atoms with Gasteiger partial charge in [-0.05, 0) is 49.2 Å². The van der Waals surface area contributed by atoms with Gasteiger partial charge in [0, 0.05) is 5.69 Å². The highest BCUT2D eigenvalue weighted by Gasteiger charge is 2.49. The fourth-order valence-corrected chi connectivity index (χ4v) is 3.12. The normalized spacial score (nSPS) is 15.3. The van der Waals surface area contributed by atoms with Crippen LogP contribution in [0.5, 0.6) is 11.5 Å². The van der Waals surface area contributed by atoms with E-state index in [2.05, 4.69) is 10.6 Å². The molecule has 2 N–H and O–H groups in total. The van der Waals surface area contributed by atoms with Crippen LogP contribution in [0.2, 0.25) is 0 Å². The number of nitrogens with one attached hydrogen (secondary N) is 2. The number of hydrogen-bond acceptors (Lipinski definition) is 4. The van der Waals surface area contributed by atoms with E-state index in [4.69, 9.17) is 4.74 Å². The van der Waals surface area contributed by atoms with Crippen LogP contribution >= 0.6 is 0 Å². The fraction of sp³-hybridized carbons (Fsp3) is 0.286. The summed E-state index contributed by atoms with van der Waals surface area (Å²) in [6.45, 7) is 3.35. The molecule has 0 unspecified atom stereocenters. The molecule has 0 spiro atoms. The summed E-state index contributed by atoms with van der Waals surface area (Å²) in [6.07, 6.45) is 0.962. The Morgan fingerprint density at radius 2 is 1.61 bits per heavy atom. The van der Waals surface area contributed by atoms with Crippen LogP contribution in [0.25, 0.3) is 0 Å². The maximum absolute atomic E-state index is 12.6. The van der Waals surface area contributed by atoms with Crippen molar-refractivity contribution in [2.75, 3.05) is 11.9 Å². The zero-order valence-electron chi connectivity index (χ0n) is 15.9. The predicted molar refractivity (Wildman–Crippen MR) is 105 cm³/mol. The Balaban J connectivity index is 1.59. The highest BCUT2D eigenvalue weighted by atomic mass is 16.5. The summed E-state index contributed by atoms with van der Waals surface area (Å²) in [7, 11) is 0. The molecule has 1 heterocycles. The lowest BCUT2D eigenvalue weighted by molar-refractivity contribution is -0.134. The monoisotopic (exact) mass is 381 g/mol. The van der Waals surface area contributed by atoms with Gasteiger partial charge in [-0.25, -0.2) is 4.79 Å². The average molecular weight is 381 g/mol. The first-order valence-electron chi connectivity index (χ1n) is 9.24. The highest BCUT2D eigenvalue weighted by Crippen LogP contribution is 2.25. The lowest BCUT2D eigenvalue weighted by Crippen LogP contribution is -2.46. The van der Waals surface area contributed by atoms with Gasteiger partial charge < -0.3 is 15.4 Å². The maximum Gasteiger partial charge on any atom is 0.325 e. The van der Waals surface area contributed by atoms with Gasteiger partial charge >= 0.3 is 6.03 Å².